The molecular weight excluding hydrogens is 490 g/mol. The maximum Gasteiger partial charge on any atom is 0.349 e. The Balaban J connectivity index is 1.67. The van der Waals surface area contributed by atoms with Gasteiger partial charge in [-0.25, -0.2) is 4.79 Å². The lowest BCUT2D eigenvalue weighted by atomic mass is 10.0. The van der Waals surface area contributed by atoms with Crippen LogP contribution < -0.4 is 10.1 Å². The van der Waals surface area contributed by atoms with E-state index in [9.17, 15) is 9.59 Å². The first-order valence-electron chi connectivity index (χ1n) is 12.6. The second kappa shape index (κ2) is 12.3. The lowest BCUT2D eigenvalue weighted by molar-refractivity contribution is -0.158. The van der Waals surface area contributed by atoms with Crippen LogP contribution in [0.2, 0.25) is 5.02 Å². The average molecular weight is 526 g/mol. The molecular formula is C29H36ClN3O4. The molecule has 0 saturated heterocycles. The van der Waals surface area contributed by atoms with Gasteiger partial charge in [0.1, 0.15) is 5.75 Å². The summed E-state index contributed by atoms with van der Waals surface area (Å²) in [6.45, 7) is 9.57. The van der Waals surface area contributed by atoms with Crippen LogP contribution in [0, 0.1) is 6.92 Å². The Morgan fingerprint density at radius 3 is 2.41 bits per heavy atom. The van der Waals surface area contributed by atoms with E-state index in [0.29, 0.717) is 16.5 Å². The monoisotopic (exact) mass is 525 g/mol. The Bertz CT molecular complexity index is 1230. The van der Waals surface area contributed by atoms with Gasteiger partial charge in [0.25, 0.3) is 5.91 Å². The molecule has 0 radical (unpaired) electrons. The highest BCUT2D eigenvalue weighted by Crippen LogP contribution is 2.33. The summed E-state index contributed by atoms with van der Waals surface area (Å²) in [5, 5.41) is 7.67. The van der Waals surface area contributed by atoms with E-state index < -0.39 is 11.6 Å². The van der Waals surface area contributed by atoms with Gasteiger partial charge < -0.3 is 14.8 Å². The van der Waals surface area contributed by atoms with Gasteiger partial charge in [-0.05, 0) is 74.9 Å². The van der Waals surface area contributed by atoms with E-state index in [1.165, 1.54) is 18.4 Å². The molecule has 0 aliphatic rings. The first-order valence-corrected chi connectivity index (χ1v) is 13.0. The molecule has 1 amide bonds. The maximum absolute atomic E-state index is 12.9. The minimum absolute atomic E-state index is 0.263. The smallest absolute Gasteiger partial charge is 0.349 e. The Labute approximate surface area is 224 Å². The first kappa shape index (κ1) is 28.3. The van der Waals surface area contributed by atoms with E-state index in [0.717, 1.165) is 28.8 Å². The molecule has 0 fully saturated rings. The number of aromatic nitrogens is 2. The number of nitrogens with one attached hydrogen (secondary N) is 1. The molecule has 7 nitrogen and oxygen atoms in total. The number of unbranched alkanes of at least 4 members (excludes halogenated alkanes) is 1. The minimum atomic E-state index is -1.19. The number of amides is 1. The maximum atomic E-state index is 12.9. The number of hydrogen-bond acceptors (Lipinski definition) is 5. The van der Waals surface area contributed by atoms with Crippen LogP contribution in [0.4, 0.5) is 0 Å². The molecule has 0 atom stereocenters. The minimum Gasteiger partial charge on any atom is -0.474 e. The molecule has 0 bridgehead atoms. The molecule has 198 valence electrons. The lowest BCUT2D eigenvalue weighted by Gasteiger charge is -2.26. The topological polar surface area (TPSA) is 82.4 Å². The van der Waals surface area contributed by atoms with E-state index in [2.05, 4.69) is 41.6 Å². The zero-order valence-corrected chi connectivity index (χ0v) is 23.2. The third-order valence-electron chi connectivity index (χ3n) is 6.05. The Morgan fingerprint density at radius 2 is 1.78 bits per heavy atom. The molecule has 0 unspecified atom stereocenters. The van der Waals surface area contributed by atoms with Crippen LogP contribution >= 0.6 is 11.6 Å². The summed E-state index contributed by atoms with van der Waals surface area (Å²) in [7, 11) is 1.83. The van der Waals surface area contributed by atoms with E-state index in [1.807, 2.05) is 20.0 Å². The molecule has 0 aliphatic carbocycles. The summed E-state index contributed by atoms with van der Waals surface area (Å²) in [5.74, 6) is -0.340. The molecule has 37 heavy (non-hydrogen) atoms. The third-order valence-corrected chi connectivity index (χ3v) is 6.33. The SMILES string of the molecule is CCCCc1ccc(-c2cc(C(=O)NCc3cc(C)c(OC(C)(C)C(=O)OCC)c(Cl)c3)nn2C)cc1. The van der Waals surface area contributed by atoms with Crippen LogP contribution in [0.5, 0.6) is 5.75 Å². The molecule has 2 aromatic carbocycles. The average Bonchev–Trinajstić information content (AvgIpc) is 3.25. The highest BCUT2D eigenvalue weighted by Gasteiger charge is 2.33. The number of carbonyl (C=O) groups excluding carboxylic acids is 2. The summed E-state index contributed by atoms with van der Waals surface area (Å²) in [6.07, 6.45) is 3.40. The highest BCUT2D eigenvalue weighted by atomic mass is 35.5. The van der Waals surface area contributed by atoms with Crippen molar-refractivity contribution in [2.45, 2.75) is 66.0 Å². The number of carbonyl (C=O) groups is 2. The summed E-state index contributed by atoms with van der Waals surface area (Å²) >= 11 is 6.48. The molecule has 8 heteroatoms. The van der Waals surface area contributed by atoms with Crippen LogP contribution in [-0.4, -0.2) is 33.9 Å². The molecule has 3 aromatic rings. The zero-order valence-electron chi connectivity index (χ0n) is 22.5. The van der Waals surface area contributed by atoms with Crippen LogP contribution in [0.3, 0.4) is 0 Å². The Morgan fingerprint density at radius 1 is 1.08 bits per heavy atom. The van der Waals surface area contributed by atoms with Gasteiger partial charge in [-0.15, -0.1) is 0 Å². The molecule has 3 rings (SSSR count). The number of halogens is 1. The molecule has 1 heterocycles. The van der Waals surface area contributed by atoms with Crippen molar-refractivity contribution in [2.24, 2.45) is 7.05 Å². The summed E-state index contributed by atoms with van der Waals surface area (Å²) in [6, 6.07) is 13.8. The number of ether oxygens (including phenoxy) is 2. The number of esters is 1. The molecule has 0 saturated carbocycles. The first-order chi connectivity index (χ1) is 17.6. The van der Waals surface area contributed by atoms with Crippen molar-refractivity contribution < 1.29 is 19.1 Å². The van der Waals surface area contributed by atoms with Gasteiger partial charge in [0.15, 0.2) is 11.3 Å². The van der Waals surface area contributed by atoms with Crippen molar-refractivity contribution in [2.75, 3.05) is 6.61 Å². The summed E-state index contributed by atoms with van der Waals surface area (Å²) in [4.78, 5) is 25.0. The second-order valence-electron chi connectivity index (χ2n) is 9.58. The number of hydrogen-bond donors (Lipinski definition) is 1. The lowest BCUT2D eigenvalue weighted by Crippen LogP contribution is -2.40. The fourth-order valence-electron chi connectivity index (χ4n) is 3.98. The Kier molecular flexibility index (Phi) is 9.38. The van der Waals surface area contributed by atoms with E-state index >= 15 is 0 Å². The summed E-state index contributed by atoms with van der Waals surface area (Å²) < 4.78 is 12.7. The molecule has 0 spiro atoms. The van der Waals surface area contributed by atoms with E-state index in [1.54, 1.807) is 37.6 Å². The molecule has 1 aromatic heterocycles. The zero-order chi connectivity index (χ0) is 27.2. The second-order valence-corrected chi connectivity index (χ2v) is 9.99. The van der Waals surface area contributed by atoms with Gasteiger partial charge in [-0.3, -0.25) is 9.48 Å². The van der Waals surface area contributed by atoms with Crippen molar-refractivity contribution in [1.29, 1.82) is 0 Å². The van der Waals surface area contributed by atoms with Gasteiger partial charge >= 0.3 is 5.97 Å². The van der Waals surface area contributed by atoms with E-state index in [4.69, 9.17) is 21.1 Å². The van der Waals surface area contributed by atoms with Gasteiger partial charge in [0.05, 0.1) is 17.3 Å². The predicted octanol–water partition coefficient (Wildman–Crippen LogP) is 6.04. The molecule has 1 N–H and O–H groups in total. The molecule has 0 aliphatic heterocycles. The van der Waals surface area contributed by atoms with Crippen molar-refractivity contribution >= 4 is 23.5 Å². The number of benzene rings is 2. The number of nitrogens with zero attached hydrogens (tertiary/aromatic N) is 2. The van der Waals surface area contributed by atoms with Crippen molar-refractivity contribution in [3.8, 4) is 17.0 Å². The predicted molar refractivity (Wildman–Crippen MR) is 146 cm³/mol. The van der Waals surface area contributed by atoms with Gasteiger partial charge in [0, 0.05) is 13.6 Å². The van der Waals surface area contributed by atoms with Gasteiger partial charge in [-0.1, -0.05) is 55.3 Å². The third kappa shape index (κ3) is 7.13. The van der Waals surface area contributed by atoms with Crippen LogP contribution in [-0.2, 0) is 29.5 Å². The van der Waals surface area contributed by atoms with Crippen LogP contribution in [0.1, 0.15) is 67.7 Å². The fraction of sp³-hybridized carbons (Fsp3) is 0.414. The normalized spacial score (nSPS) is 11.3. The van der Waals surface area contributed by atoms with Crippen molar-refractivity contribution in [3.63, 3.8) is 0 Å². The van der Waals surface area contributed by atoms with Gasteiger partial charge in [-0.2, -0.15) is 5.10 Å². The quantitative estimate of drug-likeness (QED) is 0.308. The largest absolute Gasteiger partial charge is 0.474 e. The highest BCUT2D eigenvalue weighted by molar-refractivity contribution is 6.32. The van der Waals surface area contributed by atoms with Crippen LogP contribution in [0.25, 0.3) is 11.3 Å². The summed E-state index contributed by atoms with van der Waals surface area (Å²) in [5.41, 5.74) is 3.89. The van der Waals surface area contributed by atoms with Crippen molar-refractivity contribution in [1.82, 2.24) is 15.1 Å². The number of aryl methyl sites for hydroxylation is 3. The Hall–Kier alpha value is -3.32. The fourth-order valence-corrected chi connectivity index (χ4v) is 4.31. The standard InChI is InChI=1S/C29H36ClN3O4/c1-7-9-10-20-11-13-22(14-12-20)25-17-24(32-33(25)6)27(34)31-18-21-15-19(3)26(23(30)16-21)37-29(4,5)28(35)36-8-2/h11-17H,7-10,18H2,1-6H3,(H,31,34). The van der Waals surface area contributed by atoms with Gasteiger partial charge in [0.2, 0.25) is 0 Å². The van der Waals surface area contributed by atoms with Crippen molar-refractivity contribution in [3.05, 3.63) is 69.9 Å². The van der Waals surface area contributed by atoms with Crippen LogP contribution in [0.15, 0.2) is 42.5 Å². The van der Waals surface area contributed by atoms with E-state index in [-0.39, 0.29) is 19.1 Å². The number of rotatable bonds is 11.